The molecule has 0 amide bonds. The number of rotatable bonds is 2. The molecule has 0 aliphatic carbocycles. The fourth-order valence-corrected chi connectivity index (χ4v) is 22.0. The predicted octanol–water partition coefficient (Wildman–Crippen LogP) is 30.8. The van der Waals surface area contributed by atoms with Crippen LogP contribution < -0.4 is 9.80 Å². The summed E-state index contributed by atoms with van der Waals surface area (Å²) in [4.78, 5) is 15.6. The Hall–Kier alpha value is -4.28. The number of hydrogen-bond donors (Lipinski definition) is 0. The van der Waals surface area contributed by atoms with Crippen LogP contribution in [0, 0.1) is 40.9 Å². The van der Waals surface area contributed by atoms with E-state index in [0.29, 0.717) is 21.0 Å². The largest absolute Gasteiger partial charge is 0.497 e. The standard InChI is InChI=1S/C18H27N.C16H23N.C14H27N.C11H21N.C10H18O.C10H18S.C9H17N.C8H14O.C8H14S/c1-12-10-9-11-13(2)16(12)19-17(5,6)14(3)15(4)18(19,7)8;1-12-13(2)16(5,6)17(15(12,3)4)14-10-8-7-9-11-14;1-10-11(2)14(8,9)15(12(3,4)5)13(10,6)7;1-8-9(2)11(5,6)12(7)10(8,3)4;2*1-7-8(2)11-10(5,6)9(7,3)4;1-7-8(2)10(5)6-9(7,3)4;2*1-6-7(2)9-5-8(6,3)4/h9-11H,1-8H3;7-11H,1-6H3;1-9H3;1-7H3;2*1-6H3;6H2,1-5H3;2*5H2,1-4H3. The molecule has 0 saturated heterocycles. The predicted molar refractivity (Wildman–Crippen MR) is 511 cm³/mol. The summed E-state index contributed by atoms with van der Waals surface area (Å²) >= 11 is 4.01. The number of anilines is 2. The number of aryl methyl sites for hydroxylation is 2. The number of benzene rings is 2. The van der Waals surface area contributed by atoms with Gasteiger partial charge in [-0.15, -0.1) is 23.5 Å². The third-order valence-electron chi connectivity index (χ3n) is 31.9. The molecule has 11 rings (SSSR count). The molecule has 0 N–H and O–H groups in total. The van der Waals surface area contributed by atoms with E-state index in [0.717, 1.165) is 18.1 Å². The third-order valence-corrected chi connectivity index (χ3v) is 35.1. The first-order valence-corrected chi connectivity index (χ1v) is 44.7. The molecule has 644 valence electrons. The van der Waals surface area contributed by atoms with Gasteiger partial charge >= 0.3 is 0 Å². The SMILES string of the molecule is CC1=C(C)C(C)(C)C(C)(C)O1.CC1=C(C)C(C)(C)C(C)(C)S1.CC1=C(C)C(C)(C)CN1C.CC1=C(C)C(C)(C)CO1.CC1=C(C)C(C)(C)CS1.CC1=C(C)C(C)(C)N(C(C)(C)C)C1(C)C.CC1=C(C)C(C)(C)N(C)C1(C)C.CC1=C(C)C(C)(C)N(c2c(C)cccc2C)C1(C)C.CC1=C(C)C(C)(C)N(c2ccccc2)C1(C)C. The van der Waals surface area contributed by atoms with Crippen LogP contribution in [-0.4, -0.2) is 108 Å². The minimum atomic E-state index is -0.0405. The average Bonchev–Trinajstić information content (AvgIpc) is 1.57. The van der Waals surface area contributed by atoms with Gasteiger partial charge in [0.05, 0.1) is 40.3 Å². The highest BCUT2D eigenvalue weighted by molar-refractivity contribution is 8.04. The van der Waals surface area contributed by atoms with Crippen molar-refractivity contribution >= 4 is 34.9 Å². The van der Waals surface area contributed by atoms with Gasteiger partial charge in [0.25, 0.3) is 0 Å². The van der Waals surface area contributed by atoms with Crippen LogP contribution in [0.25, 0.3) is 0 Å². The van der Waals surface area contributed by atoms with Crippen LogP contribution in [0.1, 0.15) is 364 Å². The molecular weight excluding hydrogens is 1420 g/mol. The van der Waals surface area contributed by atoms with E-state index >= 15 is 0 Å². The molecule has 9 aliphatic heterocycles. The van der Waals surface area contributed by atoms with Crippen molar-refractivity contribution in [2.45, 2.75) is 427 Å². The molecule has 7 nitrogen and oxygen atoms in total. The van der Waals surface area contributed by atoms with Crippen LogP contribution in [0.3, 0.4) is 0 Å². The van der Waals surface area contributed by atoms with Crippen molar-refractivity contribution in [3.05, 3.63) is 159 Å². The number of allylic oxidation sites excluding steroid dienone is 7. The fraction of sp³-hybridized carbons (Fsp3) is 0.712. The summed E-state index contributed by atoms with van der Waals surface area (Å²) in [6.07, 6.45) is 0. The lowest BCUT2D eigenvalue weighted by atomic mass is 9.74. The van der Waals surface area contributed by atoms with Gasteiger partial charge in [-0.3, -0.25) is 9.80 Å². The lowest BCUT2D eigenvalue weighted by molar-refractivity contribution is -0.00763. The van der Waals surface area contributed by atoms with Gasteiger partial charge in [0.1, 0.15) is 5.60 Å². The van der Waals surface area contributed by atoms with Crippen LogP contribution in [-0.2, 0) is 9.47 Å². The molecule has 0 aromatic heterocycles. The summed E-state index contributed by atoms with van der Waals surface area (Å²) in [5.74, 6) is 3.48. The zero-order chi connectivity index (χ0) is 89.2. The zero-order valence-corrected chi connectivity index (χ0v) is 86.2. The van der Waals surface area contributed by atoms with Gasteiger partial charge in [-0.05, 0) is 382 Å². The Balaban J connectivity index is 0.000000333. The number of para-hydroxylation sites is 2. The molecule has 9 aliphatic rings. The Morgan fingerprint density at radius 2 is 0.717 bits per heavy atom. The Labute approximate surface area is 710 Å². The van der Waals surface area contributed by atoms with Gasteiger partial charge < -0.3 is 24.2 Å². The maximum atomic E-state index is 5.76. The minimum Gasteiger partial charge on any atom is -0.497 e. The maximum Gasteiger partial charge on any atom is 0.112 e. The number of nitrogens with zero attached hydrogens (tertiary/aromatic N) is 5. The molecule has 0 atom stereocenters. The lowest BCUT2D eigenvalue weighted by Crippen LogP contribution is -2.59. The van der Waals surface area contributed by atoms with Crippen LogP contribution in [0.2, 0.25) is 0 Å². The van der Waals surface area contributed by atoms with E-state index in [1.807, 2.05) is 37.4 Å². The summed E-state index contributed by atoms with van der Waals surface area (Å²) in [5, 5.41) is 0. The van der Waals surface area contributed by atoms with E-state index < -0.39 is 0 Å². The first-order chi connectivity index (χ1) is 50.2. The van der Waals surface area contributed by atoms with Crippen molar-refractivity contribution in [1.29, 1.82) is 0 Å². The first-order valence-electron chi connectivity index (χ1n) is 42.9. The van der Waals surface area contributed by atoms with E-state index in [2.05, 4.69) is 440 Å². The Morgan fingerprint density at radius 1 is 0.345 bits per heavy atom. The molecule has 2 aromatic rings. The number of thioether (sulfide) groups is 2. The summed E-state index contributed by atoms with van der Waals surface area (Å²) in [6.45, 7) is 122. The van der Waals surface area contributed by atoms with Gasteiger partial charge in [0.15, 0.2) is 0 Å². The molecule has 0 saturated carbocycles. The average molecular weight is 1600 g/mol. The molecule has 0 unspecified atom stereocenters. The molecule has 0 bridgehead atoms. The van der Waals surface area contributed by atoms with Crippen LogP contribution in [0.5, 0.6) is 0 Å². The highest BCUT2D eigenvalue weighted by Crippen LogP contribution is 2.58. The van der Waals surface area contributed by atoms with Crippen molar-refractivity contribution < 1.29 is 9.47 Å². The summed E-state index contributed by atoms with van der Waals surface area (Å²) in [5.41, 5.74) is 29.4. The van der Waals surface area contributed by atoms with Crippen molar-refractivity contribution in [1.82, 2.24) is 14.7 Å². The van der Waals surface area contributed by atoms with E-state index in [9.17, 15) is 0 Å². The normalized spacial score (nSPS) is 24.8. The van der Waals surface area contributed by atoms with Crippen LogP contribution in [0.4, 0.5) is 11.4 Å². The molecule has 9 heteroatoms. The number of hydrogen-bond acceptors (Lipinski definition) is 9. The molecule has 0 fully saturated rings. The molecule has 0 spiro atoms. The second kappa shape index (κ2) is 34.8. The zero-order valence-electron chi connectivity index (χ0n) is 84.6. The Kier molecular flexibility index (Phi) is 31.7. The first kappa shape index (κ1) is 103. The maximum absolute atomic E-state index is 5.76. The number of ether oxygens (including phenoxy) is 2. The Morgan fingerprint density at radius 3 is 0.903 bits per heavy atom. The van der Waals surface area contributed by atoms with Gasteiger partial charge in [0, 0.05) is 90.5 Å². The summed E-state index contributed by atoms with van der Waals surface area (Å²) < 4.78 is 11.5. The van der Waals surface area contributed by atoms with Crippen molar-refractivity contribution in [2.24, 2.45) is 27.1 Å². The van der Waals surface area contributed by atoms with Crippen LogP contribution >= 0.6 is 23.5 Å². The van der Waals surface area contributed by atoms with E-state index in [4.69, 9.17) is 9.47 Å². The third kappa shape index (κ3) is 20.4. The summed E-state index contributed by atoms with van der Waals surface area (Å²) in [6, 6.07) is 17.3. The molecule has 9 heterocycles. The van der Waals surface area contributed by atoms with Crippen molar-refractivity contribution in [2.75, 3.05) is 42.8 Å². The van der Waals surface area contributed by atoms with Gasteiger partial charge in [-0.2, -0.15) is 0 Å². The van der Waals surface area contributed by atoms with Crippen molar-refractivity contribution in [3.63, 3.8) is 0 Å². The van der Waals surface area contributed by atoms with Gasteiger partial charge in [0.2, 0.25) is 0 Å². The topological polar surface area (TPSA) is 34.7 Å². The highest BCUT2D eigenvalue weighted by atomic mass is 32.2. The number of likely N-dealkylation sites (N-methyl/N-ethyl adjacent to an activating group) is 1. The monoisotopic (exact) mass is 1590 g/mol. The second-order valence-electron chi connectivity index (χ2n) is 44.3. The lowest BCUT2D eigenvalue weighted by Gasteiger charge is -2.51. The molecule has 2 aromatic carbocycles. The fourth-order valence-electron chi connectivity index (χ4n) is 19.1. The van der Waals surface area contributed by atoms with E-state index in [1.165, 1.54) is 112 Å². The minimum absolute atomic E-state index is 0.0405. The molecule has 113 heavy (non-hydrogen) atoms. The molecular formula is C104H179N5O2S2. The van der Waals surface area contributed by atoms with Crippen LogP contribution in [0.15, 0.2) is 148 Å². The Bertz CT molecular complexity index is 3850. The van der Waals surface area contributed by atoms with E-state index in [1.54, 1.807) is 11.1 Å². The van der Waals surface area contributed by atoms with Gasteiger partial charge in [-0.1, -0.05) is 139 Å². The smallest absolute Gasteiger partial charge is 0.112 e. The highest BCUT2D eigenvalue weighted by Gasteiger charge is 2.54. The molecule has 0 radical (unpaired) electrons. The van der Waals surface area contributed by atoms with E-state index in [-0.39, 0.29) is 66.3 Å². The van der Waals surface area contributed by atoms with Crippen molar-refractivity contribution in [3.8, 4) is 0 Å². The second-order valence-corrected chi connectivity index (χ2v) is 47.3. The summed E-state index contributed by atoms with van der Waals surface area (Å²) in [7, 11) is 4.37. The van der Waals surface area contributed by atoms with Gasteiger partial charge in [-0.25, -0.2) is 0 Å². The quantitative estimate of drug-likeness (QED) is 0.273.